The SMILES string of the molecule is O=C(Nc1ccc(Cl)c(Cl)c1)c1ccc(C(=O)N2CCCCCC2)cc1. The van der Waals surface area contributed by atoms with E-state index in [0.717, 1.165) is 25.9 Å². The Morgan fingerprint density at radius 1 is 0.808 bits per heavy atom. The minimum Gasteiger partial charge on any atom is -0.339 e. The minimum absolute atomic E-state index is 0.0309. The second kappa shape index (κ2) is 8.56. The molecule has 3 rings (SSSR count). The summed E-state index contributed by atoms with van der Waals surface area (Å²) in [7, 11) is 0. The Labute approximate surface area is 163 Å². The maximum absolute atomic E-state index is 12.6. The molecule has 1 saturated heterocycles. The van der Waals surface area contributed by atoms with Gasteiger partial charge in [0, 0.05) is 29.9 Å². The summed E-state index contributed by atoms with van der Waals surface area (Å²) >= 11 is 11.8. The summed E-state index contributed by atoms with van der Waals surface area (Å²) in [6.07, 6.45) is 4.46. The summed E-state index contributed by atoms with van der Waals surface area (Å²) in [6.45, 7) is 1.61. The molecule has 1 N–H and O–H groups in total. The van der Waals surface area contributed by atoms with E-state index in [1.165, 1.54) is 12.8 Å². The number of hydrogen-bond donors (Lipinski definition) is 1. The molecule has 4 nitrogen and oxygen atoms in total. The molecule has 6 heteroatoms. The maximum atomic E-state index is 12.6. The highest BCUT2D eigenvalue weighted by Crippen LogP contribution is 2.25. The first kappa shape index (κ1) is 18.7. The molecule has 0 atom stereocenters. The van der Waals surface area contributed by atoms with E-state index >= 15 is 0 Å². The number of anilines is 1. The van der Waals surface area contributed by atoms with E-state index < -0.39 is 0 Å². The lowest BCUT2D eigenvalue weighted by molar-refractivity contribution is 0.0761. The third-order valence-corrected chi connectivity index (χ3v) is 5.20. The monoisotopic (exact) mass is 390 g/mol. The van der Waals surface area contributed by atoms with Crippen LogP contribution in [0.3, 0.4) is 0 Å². The first-order valence-corrected chi connectivity index (χ1v) is 9.46. The fourth-order valence-electron chi connectivity index (χ4n) is 3.00. The van der Waals surface area contributed by atoms with Crippen LogP contribution in [-0.2, 0) is 0 Å². The molecular formula is C20H20Cl2N2O2. The van der Waals surface area contributed by atoms with Crippen LogP contribution < -0.4 is 5.32 Å². The molecule has 0 aromatic heterocycles. The van der Waals surface area contributed by atoms with Crippen LogP contribution in [0.4, 0.5) is 5.69 Å². The number of likely N-dealkylation sites (tertiary alicyclic amines) is 1. The molecule has 1 aliphatic heterocycles. The molecular weight excluding hydrogens is 371 g/mol. The molecule has 0 saturated carbocycles. The van der Waals surface area contributed by atoms with Crippen molar-refractivity contribution in [2.75, 3.05) is 18.4 Å². The van der Waals surface area contributed by atoms with Gasteiger partial charge >= 0.3 is 0 Å². The van der Waals surface area contributed by atoms with Crippen LogP contribution in [-0.4, -0.2) is 29.8 Å². The van der Waals surface area contributed by atoms with Gasteiger partial charge in [0.2, 0.25) is 0 Å². The Kier molecular flexibility index (Phi) is 6.17. The number of amides is 2. The molecule has 2 aromatic carbocycles. The van der Waals surface area contributed by atoms with Gasteiger partial charge in [-0.3, -0.25) is 9.59 Å². The van der Waals surface area contributed by atoms with E-state index in [2.05, 4.69) is 5.32 Å². The average molecular weight is 391 g/mol. The van der Waals surface area contributed by atoms with Gasteiger partial charge in [-0.05, 0) is 55.3 Å². The number of hydrogen-bond acceptors (Lipinski definition) is 2. The van der Waals surface area contributed by atoms with Gasteiger partial charge in [0.1, 0.15) is 0 Å². The number of halogens is 2. The smallest absolute Gasteiger partial charge is 0.255 e. The molecule has 1 fully saturated rings. The molecule has 2 amide bonds. The van der Waals surface area contributed by atoms with Gasteiger partial charge in [-0.15, -0.1) is 0 Å². The molecule has 2 aromatic rings. The van der Waals surface area contributed by atoms with Crippen LogP contribution in [0, 0.1) is 0 Å². The molecule has 26 heavy (non-hydrogen) atoms. The Hall–Kier alpha value is -2.04. The first-order valence-electron chi connectivity index (χ1n) is 8.70. The molecule has 0 aliphatic carbocycles. The van der Waals surface area contributed by atoms with Crippen LogP contribution in [0.25, 0.3) is 0 Å². The van der Waals surface area contributed by atoms with Gasteiger partial charge < -0.3 is 10.2 Å². The number of nitrogens with zero attached hydrogens (tertiary/aromatic N) is 1. The number of benzene rings is 2. The van der Waals surface area contributed by atoms with E-state index in [4.69, 9.17) is 23.2 Å². The van der Waals surface area contributed by atoms with Gasteiger partial charge in [0.15, 0.2) is 0 Å². The topological polar surface area (TPSA) is 49.4 Å². The van der Waals surface area contributed by atoms with Crippen molar-refractivity contribution < 1.29 is 9.59 Å². The molecule has 0 bridgehead atoms. The number of rotatable bonds is 3. The van der Waals surface area contributed by atoms with Gasteiger partial charge in [0.05, 0.1) is 10.0 Å². The highest BCUT2D eigenvalue weighted by atomic mass is 35.5. The van der Waals surface area contributed by atoms with Crippen molar-refractivity contribution in [1.29, 1.82) is 0 Å². The molecule has 0 unspecified atom stereocenters. The van der Waals surface area contributed by atoms with Crippen LogP contribution in [0.5, 0.6) is 0 Å². The number of nitrogens with one attached hydrogen (secondary N) is 1. The molecule has 1 aliphatic rings. The summed E-state index contributed by atoms with van der Waals surface area (Å²) in [6, 6.07) is 11.6. The summed E-state index contributed by atoms with van der Waals surface area (Å²) in [5, 5.41) is 3.58. The highest BCUT2D eigenvalue weighted by Gasteiger charge is 2.17. The molecule has 1 heterocycles. The van der Waals surface area contributed by atoms with Crippen molar-refractivity contribution in [3.63, 3.8) is 0 Å². The summed E-state index contributed by atoms with van der Waals surface area (Å²) < 4.78 is 0. The normalized spacial score (nSPS) is 14.6. The van der Waals surface area contributed by atoms with Crippen LogP contribution in [0.1, 0.15) is 46.4 Å². The van der Waals surface area contributed by atoms with Crippen LogP contribution in [0.2, 0.25) is 10.0 Å². The predicted octanol–water partition coefficient (Wildman–Crippen LogP) is 5.26. The fraction of sp³-hybridized carbons (Fsp3) is 0.300. The van der Waals surface area contributed by atoms with Crippen molar-refractivity contribution in [2.24, 2.45) is 0 Å². The minimum atomic E-state index is -0.267. The van der Waals surface area contributed by atoms with E-state index in [9.17, 15) is 9.59 Å². The molecule has 0 radical (unpaired) electrons. The van der Waals surface area contributed by atoms with E-state index in [0.29, 0.717) is 26.9 Å². The zero-order valence-corrected chi connectivity index (χ0v) is 15.8. The maximum Gasteiger partial charge on any atom is 0.255 e. The van der Waals surface area contributed by atoms with Crippen molar-refractivity contribution in [1.82, 2.24) is 4.90 Å². The highest BCUT2D eigenvalue weighted by molar-refractivity contribution is 6.42. The van der Waals surface area contributed by atoms with Gasteiger partial charge in [-0.25, -0.2) is 0 Å². The third kappa shape index (κ3) is 4.57. The Morgan fingerprint density at radius 3 is 2.04 bits per heavy atom. The lowest BCUT2D eigenvalue weighted by Gasteiger charge is -2.20. The number of carbonyl (C=O) groups is 2. The van der Waals surface area contributed by atoms with Crippen molar-refractivity contribution in [3.05, 3.63) is 63.6 Å². The van der Waals surface area contributed by atoms with Crippen molar-refractivity contribution in [2.45, 2.75) is 25.7 Å². The largest absolute Gasteiger partial charge is 0.339 e. The zero-order chi connectivity index (χ0) is 18.5. The Morgan fingerprint density at radius 2 is 1.42 bits per heavy atom. The summed E-state index contributed by atoms with van der Waals surface area (Å²) in [5.74, 6) is -0.236. The van der Waals surface area contributed by atoms with Gasteiger partial charge in [0.25, 0.3) is 11.8 Å². The van der Waals surface area contributed by atoms with E-state index in [1.54, 1.807) is 42.5 Å². The summed E-state index contributed by atoms with van der Waals surface area (Å²) in [5.41, 5.74) is 1.65. The quantitative estimate of drug-likeness (QED) is 0.776. The first-order chi connectivity index (χ1) is 12.5. The van der Waals surface area contributed by atoms with Gasteiger partial charge in [-0.1, -0.05) is 36.0 Å². The Bertz CT molecular complexity index is 798. The second-order valence-corrected chi connectivity index (χ2v) is 7.18. The van der Waals surface area contributed by atoms with Crippen molar-refractivity contribution >= 4 is 40.7 Å². The van der Waals surface area contributed by atoms with Crippen LogP contribution in [0.15, 0.2) is 42.5 Å². The number of carbonyl (C=O) groups excluding carboxylic acids is 2. The lowest BCUT2D eigenvalue weighted by atomic mass is 10.1. The fourth-order valence-corrected chi connectivity index (χ4v) is 3.30. The van der Waals surface area contributed by atoms with Gasteiger partial charge in [-0.2, -0.15) is 0 Å². The average Bonchev–Trinajstić information content (AvgIpc) is 2.94. The van der Waals surface area contributed by atoms with Crippen LogP contribution >= 0.6 is 23.2 Å². The summed E-state index contributed by atoms with van der Waals surface area (Å²) in [4.78, 5) is 26.8. The molecule has 0 spiro atoms. The predicted molar refractivity (Wildman–Crippen MR) is 105 cm³/mol. The standard InChI is InChI=1S/C20H20Cl2N2O2/c21-17-10-9-16(13-18(17)22)23-19(25)14-5-7-15(8-6-14)20(26)24-11-3-1-2-4-12-24/h5-10,13H,1-4,11-12H2,(H,23,25). The third-order valence-electron chi connectivity index (χ3n) is 4.46. The van der Waals surface area contributed by atoms with E-state index in [-0.39, 0.29) is 11.8 Å². The lowest BCUT2D eigenvalue weighted by Crippen LogP contribution is -2.31. The Balaban J connectivity index is 1.67. The van der Waals surface area contributed by atoms with Crippen molar-refractivity contribution in [3.8, 4) is 0 Å². The zero-order valence-electron chi connectivity index (χ0n) is 14.3. The van der Waals surface area contributed by atoms with E-state index in [1.807, 2.05) is 4.90 Å². The molecule has 136 valence electrons. The second-order valence-electron chi connectivity index (χ2n) is 6.37.